The highest BCUT2D eigenvalue weighted by atomic mass is 15.0. The van der Waals surface area contributed by atoms with Crippen molar-refractivity contribution in [3.05, 3.63) is 66.1 Å². The Morgan fingerprint density at radius 2 is 1.95 bits per heavy atom. The van der Waals surface area contributed by atoms with Gasteiger partial charge in [-0.15, -0.1) is 0 Å². The molecule has 0 spiro atoms. The highest BCUT2D eigenvalue weighted by Gasteiger charge is 2.08. The number of para-hydroxylation sites is 1. The van der Waals surface area contributed by atoms with Crippen molar-refractivity contribution in [2.45, 2.75) is 26.4 Å². The predicted octanol–water partition coefficient (Wildman–Crippen LogP) is 3.58. The minimum absolute atomic E-state index is 0.815. The van der Waals surface area contributed by atoms with Crippen molar-refractivity contribution in [1.29, 1.82) is 0 Å². The Kier molecular flexibility index (Phi) is 4.31. The summed E-state index contributed by atoms with van der Waals surface area (Å²) in [5.41, 5.74) is 3.72. The van der Waals surface area contributed by atoms with E-state index in [4.69, 9.17) is 0 Å². The number of rotatable bonds is 6. The molecule has 0 unspecified atom stereocenters. The van der Waals surface area contributed by atoms with Crippen molar-refractivity contribution < 1.29 is 0 Å². The van der Waals surface area contributed by atoms with Crippen molar-refractivity contribution in [2.75, 3.05) is 6.54 Å². The van der Waals surface area contributed by atoms with Crippen LogP contribution in [-0.4, -0.2) is 16.1 Å². The van der Waals surface area contributed by atoms with Crippen LogP contribution in [0.5, 0.6) is 0 Å². The minimum atomic E-state index is 0.815. The van der Waals surface area contributed by atoms with Gasteiger partial charge in [0.15, 0.2) is 0 Å². The summed E-state index contributed by atoms with van der Waals surface area (Å²) >= 11 is 0. The second-order valence-electron chi connectivity index (χ2n) is 5.30. The van der Waals surface area contributed by atoms with E-state index in [1.54, 1.807) is 0 Å². The number of hydrogen-bond acceptors (Lipinski definition) is 2. The third-order valence-corrected chi connectivity index (χ3v) is 3.67. The van der Waals surface area contributed by atoms with E-state index in [1.165, 1.54) is 16.5 Å². The highest BCUT2D eigenvalue weighted by molar-refractivity contribution is 5.84. The van der Waals surface area contributed by atoms with Crippen LogP contribution in [0.25, 0.3) is 10.9 Å². The van der Waals surface area contributed by atoms with Gasteiger partial charge in [0.2, 0.25) is 0 Å². The third-order valence-electron chi connectivity index (χ3n) is 3.67. The van der Waals surface area contributed by atoms with Crippen LogP contribution >= 0.6 is 0 Å². The van der Waals surface area contributed by atoms with Crippen molar-refractivity contribution in [3.8, 4) is 0 Å². The van der Waals surface area contributed by atoms with Gasteiger partial charge in [0.05, 0.1) is 12.2 Å². The number of fused-ring (bicyclic) bond motifs is 1. The fourth-order valence-corrected chi connectivity index (χ4v) is 2.66. The Morgan fingerprint density at radius 3 is 2.76 bits per heavy atom. The molecule has 2 heterocycles. The van der Waals surface area contributed by atoms with Crippen LogP contribution in [-0.2, 0) is 13.1 Å². The molecule has 0 aliphatic carbocycles. The molecule has 21 heavy (non-hydrogen) atoms. The molecule has 3 rings (SSSR count). The molecule has 0 atom stereocenters. The first-order valence-corrected chi connectivity index (χ1v) is 7.56. The van der Waals surface area contributed by atoms with Crippen LogP contribution in [0.2, 0.25) is 0 Å². The van der Waals surface area contributed by atoms with Gasteiger partial charge in [-0.05, 0) is 36.7 Å². The quantitative estimate of drug-likeness (QED) is 0.699. The standard InChI is InChI=1S/C18H21N3/c1-2-10-19-12-15-13-21(14-16-7-5-6-11-20-16)18-9-4-3-8-17(15)18/h3-9,11,13,19H,2,10,12,14H2,1H3. The van der Waals surface area contributed by atoms with Gasteiger partial charge in [-0.3, -0.25) is 4.98 Å². The summed E-state index contributed by atoms with van der Waals surface area (Å²) in [5.74, 6) is 0. The van der Waals surface area contributed by atoms with E-state index in [0.717, 1.165) is 31.7 Å². The fraction of sp³-hybridized carbons (Fsp3) is 0.278. The zero-order valence-electron chi connectivity index (χ0n) is 12.4. The highest BCUT2D eigenvalue weighted by Crippen LogP contribution is 2.22. The normalized spacial score (nSPS) is 11.1. The van der Waals surface area contributed by atoms with E-state index >= 15 is 0 Å². The molecular weight excluding hydrogens is 258 g/mol. The molecule has 0 aliphatic heterocycles. The Labute approximate surface area is 125 Å². The number of nitrogens with zero attached hydrogens (tertiary/aromatic N) is 2. The summed E-state index contributed by atoms with van der Waals surface area (Å²) in [7, 11) is 0. The number of hydrogen-bond donors (Lipinski definition) is 1. The first-order valence-electron chi connectivity index (χ1n) is 7.56. The lowest BCUT2D eigenvalue weighted by atomic mass is 10.2. The summed E-state index contributed by atoms with van der Waals surface area (Å²) in [6, 6.07) is 14.7. The second-order valence-corrected chi connectivity index (χ2v) is 5.30. The van der Waals surface area contributed by atoms with Gasteiger partial charge < -0.3 is 9.88 Å². The maximum Gasteiger partial charge on any atom is 0.0648 e. The van der Waals surface area contributed by atoms with Gasteiger partial charge in [0, 0.05) is 29.8 Å². The monoisotopic (exact) mass is 279 g/mol. The molecule has 0 fully saturated rings. The van der Waals surface area contributed by atoms with Crippen molar-refractivity contribution in [1.82, 2.24) is 14.9 Å². The third kappa shape index (κ3) is 3.14. The lowest BCUT2D eigenvalue weighted by Gasteiger charge is -2.04. The first-order chi connectivity index (χ1) is 10.4. The van der Waals surface area contributed by atoms with Gasteiger partial charge in [0.1, 0.15) is 0 Å². The molecular formula is C18H21N3. The fourth-order valence-electron chi connectivity index (χ4n) is 2.66. The summed E-state index contributed by atoms with van der Waals surface area (Å²) in [6.45, 7) is 4.98. The molecule has 2 aromatic heterocycles. The molecule has 3 heteroatoms. The number of nitrogens with one attached hydrogen (secondary N) is 1. The van der Waals surface area contributed by atoms with Gasteiger partial charge in [-0.25, -0.2) is 0 Å². The maximum atomic E-state index is 4.43. The van der Waals surface area contributed by atoms with E-state index < -0.39 is 0 Å². The van der Waals surface area contributed by atoms with E-state index in [0.29, 0.717) is 0 Å². The maximum absolute atomic E-state index is 4.43. The van der Waals surface area contributed by atoms with E-state index in [9.17, 15) is 0 Å². The van der Waals surface area contributed by atoms with Gasteiger partial charge in [-0.2, -0.15) is 0 Å². The average Bonchev–Trinajstić information content (AvgIpc) is 2.87. The van der Waals surface area contributed by atoms with Gasteiger partial charge in [-0.1, -0.05) is 31.2 Å². The molecule has 108 valence electrons. The number of aromatic nitrogens is 2. The molecule has 0 bridgehead atoms. The van der Waals surface area contributed by atoms with Crippen molar-refractivity contribution in [2.24, 2.45) is 0 Å². The van der Waals surface area contributed by atoms with E-state index in [1.807, 2.05) is 18.3 Å². The summed E-state index contributed by atoms with van der Waals surface area (Å²) < 4.78 is 2.29. The first kappa shape index (κ1) is 13.8. The molecule has 3 nitrogen and oxygen atoms in total. The Morgan fingerprint density at radius 1 is 1.10 bits per heavy atom. The summed E-state index contributed by atoms with van der Waals surface area (Å²) in [6.07, 6.45) is 5.26. The van der Waals surface area contributed by atoms with Gasteiger partial charge in [0.25, 0.3) is 0 Å². The molecule has 0 radical (unpaired) electrons. The minimum Gasteiger partial charge on any atom is -0.341 e. The molecule has 1 aromatic carbocycles. The molecule has 3 aromatic rings. The zero-order chi connectivity index (χ0) is 14.5. The zero-order valence-corrected chi connectivity index (χ0v) is 12.4. The second kappa shape index (κ2) is 6.55. The summed E-state index contributed by atoms with van der Waals surface area (Å²) in [5, 5.41) is 4.82. The number of pyridine rings is 1. The predicted molar refractivity (Wildman–Crippen MR) is 87.3 cm³/mol. The largest absolute Gasteiger partial charge is 0.341 e. The van der Waals surface area contributed by atoms with E-state index in [-0.39, 0.29) is 0 Å². The van der Waals surface area contributed by atoms with E-state index in [2.05, 4.69) is 58.3 Å². The smallest absolute Gasteiger partial charge is 0.0648 e. The lowest BCUT2D eigenvalue weighted by Crippen LogP contribution is -2.13. The molecule has 1 N–H and O–H groups in total. The van der Waals surface area contributed by atoms with Crippen LogP contribution in [0.15, 0.2) is 54.9 Å². The average molecular weight is 279 g/mol. The Balaban J connectivity index is 1.91. The number of benzene rings is 1. The van der Waals surface area contributed by atoms with Gasteiger partial charge >= 0.3 is 0 Å². The summed E-state index contributed by atoms with van der Waals surface area (Å²) in [4.78, 5) is 4.43. The SMILES string of the molecule is CCCNCc1cn(Cc2ccccn2)c2ccccc12. The van der Waals surface area contributed by atoms with Crippen LogP contribution in [0, 0.1) is 0 Å². The van der Waals surface area contributed by atoms with Crippen LogP contribution in [0.1, 0.15) is 24.6 Å². The molecule has 0 aliphatic rings. The van der Waals surface area contributed by atoms with Crippen LogP contribution < -0.4 is 5.32 Å². The van der Waals surface area contributed by atoms with Crippen molar-refractivity contribution in [3.63, 3.8) is 0 Å². The van der Waals surface area contributed by atoms with Crippen LogP contribution in [0.4, 0.5) is 0 Å². The Hall–Kier alpha value is -2.13. The Bertz CT molecular complexity index is 701. The molecule has 0 saturated carbocycles. The van der Waals surface area contributed by atoms with Crippen molar-refractivity contribution >= 4 is 10.9 Å². The molecule has 0 saturated heterocycles. The lowest BCUT2D eigenvalue weighted by molar-refractivity contribution is 0.675. The van der Waals surface area contributed by atoms with Crippen LogP contribution in [0.3, 0.4) is 0 Å². The molecule has 0 amide bonds. The topological polar surface area (TPSA) is 29.9 Å².